The topological polar surface area (TPSA) is 71.8 Å². The second-order valence-corrected chi connectivity index (χ2v) is 5.83. The number of nitrogens with zero attached hydrogens (tertiary/aromatic N) is 1. The number of hydrogen-bond acceptors (Lipinski definition) is 3. The normalized spacial score (nSPS) is 12.6. The van der Waals surface area contributed by atoms with Crippen LogP contribution >= 0.6 is 0 Å². The van der Waals surface area contributed by atoms with Crippen molar-refractivity contribution in [3.8, 4) is 11.3 Å². The number of carbonyl (C=O) groups excluding carboxylic acids is 1. The van der Waals surface area contributed by atoms with Crippen LogP contribution in [-0.4, -0.2) is 15.8 Å². The fourth-order valence-electron chi connectivity index (χ4n) is 2.42. The first-order chi connectivity index (χ1) is 11.6. The van der Waals surface area contributed by atoms with Crippen molar-refractivity contribution in [2.75, 3.05) is 0 Å². The summed E-state index contributed by atoms with van der Waals surface area (Å²) in [5, 5.41) is 0. The Kier molecular flexibility index (Phi) is 6.88. The molecule has 2 aromatic rings. The molecule has 0 radical (unpaired) electrons. The van der Waals surface area contributed by atoms with Gasteiger partial charge >= 0.3 is 0 Å². The van der Waals surface area contributed by atoms with Gasteiger partial charge in [0.1, 0.15) is 17.4 Å². The number of ketones is 1. The Bertz CT molecular complexity index is 676. The number of aromatic amines is 1. The lowest BCUT2D eigenvalue weighted by atomic mass is 10.1. The average molecular weight is 329 g/mol. The predicted octanol–water partition coefficient (Wildman–Crippen LogP) is 4.31. The summed E-state index contributed by atoms with van der Waals surface area (Å²) in [5.41, 5.74) is 7.81. The molecule has 3 N–H and O–H groups in total. The van der Waals surface area contributed by atoms with Gasteiger partial charge < -0.3 is 10.7 Å². The number of rotatable bonds is 9. The van der Waals surface area contributed by atoms with Crippen LogP contribution in [0.4, 0.5) is 4.39 Å². The molecule has 0 bridgehead atoms. The van der Waals surface area contributed by atoms with E-state index in [0.29, 0.717) is 30.9 Å². The minimum Gasteiger partial charge on any atom is -0.341 e. The Morgan fingerprint density at radius 1 is 1.29 bits per heavy atom. The highest BCUT2D eigenvalue weighted by atomic mass is 19.1. The van der Waals surface area contributed by atoms with E-state index in [9.17, 15) is 9.18 Å². The van der Waals surface area contributed by atoms with Gasteiger partial charge in [0.15, 0.2) is 0 Å². The van der Waals surface area contributed by atoms with Crippen molar-refractivity contribution in [3.05, 3.63) is 54.3 Å². The zero-order valence-electron chi connectivity index (χ0n) is 14.0. The van der Waals surface area contributed by atoms with Crippen LogP contribution in [0.1, 0.15) is 50.9 Å². The number of benzene rings is 1. The van der Waals surface area contributed by atoms with Gasteiger partial charge in [-0.2, -0.15) is 0 Å². The molecule has 128 valence electrons. The van der Waals surface area contributed by atoms with Gasteiger partial charge in [-0.1, -0.05) is 19.1 Å². The van der Waals surface area contributed by atoms with Crippen molar-refractivity contribution in [3.63, 3.8) is 0 Å². The molecule has 0 aliphatic carbocycles. The highest BCUT2D eigenvalue weighted by Gasteiger charge is 2.10. The van der Waals surface area contributed by atoms with Gasteiger partial charge in [0.25, 0.3) is 0 Å². The molecule has 1 heterocycles. The summed E-state index contributed by atoms with van der Waals surface area (Å²) in [5.74, 6) is 0.736. The van der Waals surface area contributed by atoms with E-state index in [1.54, 1.807) is 18.3 Å². The number of Topliss-reactive ketones (excluding diaryl/α,β-unsaturated/α-hetero) is 1. The second kappa shape index (κ2) is 9.13. The van der Waals surface area contributed by atoms with E-state index in [1.807, 2.05) is 19.1 Å². The zero-order valence-corrected chi connectivity index (χ0v) is 14.0. The number of allylic oxidation sites excluding steroid dienone is 1. The van der Waals surface area contributed by atoms with E-state index in [2.05, 4.69) is 9.97 Å². The molecule has 1 aromatic heterocycles. The van der Waals surface area contributed by atoms with E-state index in [0.717, 1.165) is 24.1 Å². The summed E-state index contributed by atoms with van der Waals surface area (Å²) in [6.45, 7) is 2.01. The van der Waals surface area contributed by atoms with Crippen molar-refractivity contribution < 1.29 is 9.18 Å². The highest BCUT2D eigenvalue weighted by molar-refractivity contribution is 5.78. The maximum atomic E-state index is 13.0. The first-order valence-electron chi connectivity index (χ1n) is 8.33. The number of halogens is 1. The molecule has 0 saturated carbocycles. The number of nitrogens with two attached hydrogens (primary N) is 1. The Labute approximate surface area is 142 Å². The van der Waals surface area contributed by atoms with Crippen LogP contribution in [0, 0.1) is 5.82 Å². The molecule has 4 nitrogen and oxygen atoms in total. The van der Waals surface area contributed by atoms with Crippen molar-refractivity contribution in [2.24, 2.45) is 5.73 Å². The first kappa shape index (κ1) is 18.1. The third-order valence-corrected chi connectivity index (χ3v) is 3.78. The number of carbonyl (C=O) groups is 1. The summed E-state index contributed by atoms with van der Waals surface area (Å²) in [6.07, 6.45) is 9.25. The van der Waals surface area contributed by atoms with Crippen molar-refractivity contribution in [2.45, 2.75) is 45.1 Å². The summed E-state index contributed by atoms with van der Waals surface area (Å²) in [7, 11) is 0. The molecular weight excluding hydrogens is 305 g/mol. The molecule has 0 amide bonds. The van der Waals surface area contributed by atoms with Crippen molar-refractivity contribution in [1.82, 2.24) is 9.97 Å². The molecule has 0 spiro atoms. The molecule has 0 saturated heterocycles. The molecule has 0 aliphatic rings. The van der Waals surface area contributed by atoms with Crippen LogP contribution in [0.3, 0.4) is 0 Å². The van der Waals surface area contributed by atoms with E-state index >= 15 is 0 Å². The lowest BCUT2D eigenvalue weighted by Gasteiger charge is -2.05. The van der Waals surface area contributed by atoms with Gasteiger partial charge in [-0.05, 0) is 49.1 Å². The van der Waals surface area contributed by atoms with Gasteiger partial charge in [-0.25, -0.2) is 9.37 Å². The van der Waals surface area contributed by atoms with Gasteiger partial charge in [-0.3, -0.25) is 4.79 Å². The largest absolute Gasteiger partial charge is 0.341 e. The molecule has 1 atom stereocenters. The number of hydrogen-bond donors (Lipinski definition) is 2. The van der Waals surface area contributed by atoms with Crippen molar-refractivity contribution >= 4 is 5.78 Å². The monoisotopic (exact) mass is 329 g/mol. The second-order valence-electron chi connectivity index (χ2n) is 5.83. The summed E-state index contributed by atoms with van der Waals surface area (Å²) in [4.78, 5) is 18.9. The number of imidazole rings is 1. The van der Waals surface area contributed by atoms with Gasteiger partial charge in [0, 0.05) is 12.8 Å². The van der Waals surface area contributed by atoms with E-state index in [1.165, 1.54) is 12.1 Å². The maximum Gasteiger partial charge on any atom is 0.133 e. The van der Waals surface area contributed by atoms with Gasteiger partial charge in [0.2, 0.25) is 0 Å². The van der Waals surface area contributed by atoms with Crippen LogP contribution in [0.5, 0.6) is 0 Å². The van der Waals surface area contributed by atoms with Crippen LogP contribution < -0.4 is 5.73 Å². The fourth-order valence-corrected chi connectivity index (χ4v) is 2.42. The summed E-state index contributed by atoms with van der Waals surface area (Å²) >= 11 is 0. The summed E-state index contributed by atoms with van der Waals surface area (Å²) in [6, 6.07) is 6.00. The lowest BCUT2D eigenvalue weighted by molar-refractivity contribution is -0.119. The minimum atomic E-state index is -0.266. The van der Waals surface area contributed by atoms with Crippen LogP contribution in [0.25, 0.3) is 11.3 Å². The third-order valence-electron chi connectivity index (χ3n) is 3.78. The number of H-pyrrole nitrogens is 1. The number of nitrogens with one attached hydrogen (secondary N) is 1. The zero-order chi connectivity index (χ0) is 17.4. The van der Waals surface area contributed by atoms with Gasteiger partial charge in [-0.15, -0.1) is 0 Å². The molecule has 0 fully saturated rings. The predicted molar refractivity (Wildman–Crippen MR) is 93.8 cm³/mol. The van der Waals surface area contributed by atoms with E-state index in [4.69, 9.17) is 5.73 Å². The Morgan fingerprint density at radius 3 is 2.75 bits per heavy atom. The Balaban J connectivity index is 1.84. The number of aromatic nitrogens is 2. The lowest BCUT2D eigenvalue weighted by Crippen LogP contribution is -2.10. The van der Waals surface area contributed by atoms with E-state index < -0.39 is 0 Å². The Hall–Kier alpha value is -2.27. The fraction of sp³-hybridized carbons (Fsp3) is 0.368. The Morgan fingerprint density at radius 2 is 2.04 bits per heavy atom. The molecule has 2 rings (SSSR count). The quantitative estimate of drug-likeness (QED) is 0.673. The molecular formula is C19H24FN3O. The molecule has 5 heteroatoms. The minimum absolute atomic E-state index is 0.234. The van der Waals surface area contributed by atoms with Crippen molar-refractivity contribution in [1.29, 1.82) is 0 Å². The molecule has 1 aromatic carbocycles. The maximum absolute atomic E-state index is 13.0. The first-order valence-corrected chi connectivity index (χ1v) is 8.33. The third kappa shape index (κ3) is 5.42. The molecule has 0 aliphatic heterocycles. The van der Waals surface area contributed by atoms with Crippen LogP contribution in [0.15, 0.2) is 42.6 Å². The molecule has 24 heavy (non-hydrogen) atoms. The average Bonchev–Trinajstić information content (AvgIpc) is 3.05. The van der Waals surface area contributed by atoms with Crippen LogP contribution in [-0.2, 0) is 4.79 Å². The van der Waals surface area contributed by atoms with Crippen LogP contribution in [0.2, 0.25) is 0 Å². The van der Waals surface area contributed by atoms with E-state index in [-0.39, 0.29) is 11.9 Å². The molecule has 1 unspecified atom stereocenters. The SMILES string of the molecule is CCCC(=O)CC/C=C/CC(N)c1ncc(-c2ccc(F)cc2)[nH]1. The van der Waals surface area contributed by atoms with Gasteiger partial charge in [0.05, 0.1) is 17.9 Å². The standard InChI is InChI=1S/C19H24FN3O/c1-2-6-16(24)7-4-3-5-8-17(21)19-22-13-18(23-19)14-9-11-15(20)12-10-14/h3,5,9-13,17H,2,4,6-8,21H2,1H3,(H,22,23)/b5-3+. The smallest absolute Gasteiger partial charge is 0.133 e. The highest BCUT2D eigenvalue weighted by Crippen LogP contribution is 2.20. The summed E-state index contributed by atoms with van der Waals surface area (Å²) < 4.78 is 13.0.